The number of carbonyl (C=O) groups is 1. The van der Waals surface area contributed by atoms with Crippen molar-refractivity contribution in [2.45, 2.75) is 73.1 Å². The second-order valence-electron chi connectivity index (χ2n) is 8.14. The molecule has 2 nitrogen and oxygen atoms in total. The number of hydrogen-bond acceptors (Lipinski definition) is 2. The molecule has 2 aliphatic carbocycles. The quantitative estimate of drug-likeness (QED) is 0.304. The number of ether oxygens (including phenoxy) is 1. The third-order valence-corrected chi connectivity index (χ3v) is 5.48. The summed E-state index contributed by atoms with van der Waals surface area (Å²) in [4.78, 5) is 11.5. The molecule has 2 rings (SSSR count). The van der Waals surface area contributed by atoms with Crippen LogP contribution >= 0.6 is 0 Å². The van der Waals surface area contributed by atoms with Crippen molar-refractivity contribution >= 4 is 5.97 Å². The zero-order valence-corrected chi connectivity index (χ0v) is 17.2. The Kier molecular flexibility index (Phi) is 7.25. The minimum absolute atomic E-state index is 0.267. The first-order chi connectivity index (χ1) is 12.3. The van der Waals surface area contributed by atoms with E-state index in [0.29, 0.717) is 6.61 Å². The van der Waals surface area contributed by atoms with Crippen molar-refractivity contribution in [3.63, 3.8) is 0 Å². The molecule has 2 heteroatoms. The van der Waals surface area contributed by atoms with Crippen LogP contribution < -0.4 is 0 Å². The lowest BCUT2D eigenvalue weighted by atomic mass is 9.72. The molecule has 0 spiro atoms. The van der Waals surface area contributed by atoms with Crippen molar-refractivity contribution in [3.8, 4) is 0 Å². The van der Waals surface area contributed by atoms with Gasteiger partial charge in [-0.3, -0.25) is 0 Å². The van der Waals surface area contributed by atoms with Crippen LogP contribution in [0.1, 0.15) is 73.1 Å². The molecule has 0 bridgehead atoms. The lowest BCUT2D eigenvalue weighted by Gasteiger charge is -2.33. The second-order valence-corrected chi connectivity index (χ2v) is 8.14. The highest BCUT2D eigenvalue weighted by Crippen LogP contribution is 2.41. The van der Waals surface area contributed by atoms with Gasteiger partial charge in [0.05, 0.1) is 6.61 Å². The normalized spacial score (nSPS) is 21.3. The number of allylic oxidation sites excluding steroid dienone is 9. The van der Waals surface area contributed by atoms with Gasteiger partial charge in [-0.1, -0.05) is 43.7 Å². The highest BCUT2D eigenvalue weighted by atomic mass is 16.5. The molecule has 0 N–H and O–H groups in total. The monoisotopic (exact) mass is 354 g/mol. The van der Waals surface area contributed by atoms with Crippen LogP contribution in [0.2, 0.25) is 0 Å². The number of carbonyl (C=O) groups excluding carboxylic acids is 1. The predicted molar refractivity (Wildman–Crippen MR) is 110 cm³/mol. The van der Waals surface area contributed by atoms with Gasteiger partial charge >= 0.3 is 5.97 Å². The minimum atomic E-state index is -0.267. The summed E-state index contributed by atoms with van der Waals surface area (Å²) >= 11 is 0. The Morgan fingerprint density at radius 3 is 2.42 bits per heavy atom. The highest BCUT2D eigenvalue weighted by molar-refractivity contribution is 5.83. The van der Waals surface area contributed by atoms with Crippen LogP contribution in [0.3, 0.4) is 0 Å². The average molecular weight is 355 g/mol. The first kappa shape index (κ1) is 20.5. The molecular weight excluding hydrogens is 320 g/mol. The molecule has 0 unspecified atom stereocenters. The van der Waals surface area contributed by atoms with E-state index in [1.165, 1.54) is 42.4 Å². The fourth-order valence-electron chi connectivity index (χ4n) is 4.02. The molecule has 0 heterocycles. The molecule has 2 aliphatic rings. The van der Waals surface area contributed by atoms with Gasteiger partial charge in [0.15, 0.2) is 0 Å². The molecule has 0 aromatic carbocycles. The number of esters is 1. The van der Waals surface area contributed by atoms with Crippen LogP contribution in [0.4, 0.5) is 0 Å². The standard InChI is InChI=1S/C24H34O2/c1-6-26-23(25)17-18(2)12-13-20-10-7-11-21(20)14-15-22-19(3)9-8-16-24(22,4)5/h12-15,17H,6-11,16H2,1-5H3/b13-12+,15-14+,18-17+. The first-order valence-electron chi connectivity index (χ1n) is 9.97. The molecule has 0 radical (unpaired) electrons. The van der Waals surface area contributed by atoms with E-state index in [-0.39, 0.29) is 11.4 Å². The molecular formula is C24H34O2. The molecule has 142 valence electrons. The fraction of sp³-hybridized carbons (Fsp3) is 0.542. The fourth-order valence-corrected chi connectivity index (χ4v) is 4.02. The van der Waals surface area contributed by atoms with Crippen molar-refractivity contribution in [1.82, 2.24) is 0 Å². The number of rotatable bonds is 6. The van der Waals surface area contributed by atoms with Crippen molar-refractivity contribution in [1.29, 1.82) is 0 Å². The smallest absolute Gasteiger partial charge is 0.330 e. The largest absolute Gasteiger partial charge is 0.463 e. The molecule has 0 aliphatic heterocycles. The molecule has 26 heavy (non-hydrogen) atoms. The summed E-state index contributed by atoms with van der Waals surface area (Å²) in [6.45, 7) is 11.2. The van der Waals surface area contributed by atoms with E-state index in [1.807, 2.05) is 19.9 Å². The SMILES string of the molecule is CCOC(=O)/C=C(C)/C=C/C1=C(/C=C/C2=C(C)CCCC2(C)C)CCC1. The lowest BCUT2D eigenvalue weighted by Crippen LogP contribution is -2.19. The molecule has 0 aromatic heterocycles. The van der Waals surface area contributed by atoms with E-state index in [0.717, 1.165) is 18.4 Å². The molecule has 0 aromatic rings. The minimum Gasteiger partial charge on any atom is -0.463 e. The van der Waals surface area contributed by atoms with E-state index in [9.17, 15) is 4.79 Å². The summed E-state index contributed by atoms with van der Waals surface area (Å²) in [5, 5.41) is 0. The highest BCUT2D eigenvalue weighted by Gasteiger charge is 2.26. The second kappa shape index (κ2) is 9.21. The van der Waals surface area contributed by atoms with E-state index >= 15 is 0 Å². The van der Waals surface area contributed by atoms with Crippen LogP contribution in [-0.4, -0.2) is 12.6 Å². The van der Waals surface area contributed by atoms with Gasteiger partial charge in [-0.05, 0) is 87.0 Å². The van der Waals surface area contributed by atoms with E-state index in [2.05, 4.69) is 39.0 Å². The summed E-state index contributed by atoms with van der Waals surface area (Å²) in [6, 6.07) is 0. The van der Waals surface area contributed by atoms with E-state index < -0.39 is 0 Å². The third-order valence-electron chi connectivity index (χ3n) is 5.48. The molecule has 0 saturated carbocycles. The van der Waals surface area contributed by atoms with Gasteiger partial charge in [0.1, 0.15) is 0 Å². The Bertz CT molecular complexity index is 681. The van der Waals surface area contributed by atoms with Crippen LogP contribution in [0.5, 0.6) is 0 Å². The molecule has 0 amide bonds. The Hall–Kier alpha value is -1.83. The van der Waals surface area contributed by atoms with Gasteiger partial charge in [-0.2, -0.15) is 0 Å². The maximum Gasteiger partial charge on any atom is 0.330 e. The van der Waals surface area contributed by atoms with Crippen LogP contribution in [-0.2, 0) is 9.53 Å². The van der Waals surface area contributed by atoms with Gasteiger partial charge in [0, 0.05) is 6.08 Å². The molecule has 0 saturated heterocycles. The third kappa shape index (κ3) is 5.59. The Morgan fingerprint density at radius 2 is 1.77 bits per heavy atom. The van der Waals surface area contributed by atoms with Crippen LogP contribution in [0.15, 0.2) is 58.2 Å². The Balaban J connectivity index is 2.15. The van der Waals surface area contributed by atoms with E-state index in [1.54, 1.807) is 11.6 Å². The van der Waals surface area contributed by atoms with Crippen LogP contribution in [0.25, 0.3) is 0 Å². The van der Waals surface area contributed by atoms with Crippen molar-refractivity contribution < 1.29 is 9.53 Å². The zero-order valence-electron chi connectivity index (χ0n) is 17.2. The maximum atomic E-state index is 11.5. The zero-order chi connectivity index (χ0) is 19.2. The maximum absolute atomic E-state index is 11.5. The van der Waals surface area contributed by atoms with Gasteiger partial charge in [0.25, 0.3) is 0 Å². The summed E-state index contributed by atoms with van der Waals surface area (Å²) in [6.07, 6.45) is 17.7. The van der Waals surface area contributed by atoms with Gasteiger partial charge < -0.3 is 4.74 Å². The lowest BCUT2D eigenvalue weighted by molar-refractivity contribution is -0.137. The molecule has 0 atom stereocenters. The summed E-state index contributed by atoms with van der Waals surface area (Å²) < 4.78 is 4.96. The summed E-state index contributed by atoms with van der Waals surface area (Å²) in [5.41, 5.74) is 7.11. The van der Waals surface area contributed by atoms with E-state index in [4.69, 9.17) is 4.74 Å². The molecule has 0 fully saturated rings. The summed E-state index contributed by atoms with van der Waals surface area (Å²) in [7, 11) is 0. The predicted octanol–water partition coefficient (Wildman–Crippen LogP) is 6.62. The van der Waals surface area contributed by atoms with Crippen molar-refractivity contribution in [3.05, 3.63) is 58.2 Å². The van der Waals surface area contributed by atoms with Crippen molar-refractivity contribution in [2.24, 2.45) is 5.41 Å². The topological polar surface area (TPSA) is 26.3 Å². The first-order valence-corrected chi connectivity index (χ1v) is 9.97. The van der Waals surface area contributed by atoms with Gasteiger partial charge in [-0.25, -0.2) is 4.79 Å². The van der Waals surface area contributed by atoms with Gasteiger partial charge in [-0.15, -0.1) is 0 Å². The van der Waals surface area contributed by atoms with Gasteiger partial charge in [0.2, 0.25) is 0 Å². The average Bonchev–Trinajstić information content (AvgIpc) is 2.99. The number of hydrogen-bond donors (Lipinski definition) is 0. The Morgan fingerprint density at radius 1 is 1.08 bits per heavy atom. The van der Waals surface area contributed by atoms with Crippen LogP contribution in [0, 0.1) is 5.41 Å². The van der Waals surface area contributed by atoms with Crippen molar-refractivity contribution in [2.75, 3.05) is 6.61 Å². The summed E-state index contributed by atoms with van der Waals surface area (Å²) in [5.74, 6) is -0.267. The Labute approximate surface area is 159 Å².